The minimum atomic E-state index is -3.53. The van der Waals surface area contributed by atoms with E-state index in [2.05, 4.69) is 0 Å². The van der Waals surface area contributed by atoms with Crippen LogP contribution in [-0.4, -0.2) is 44.0 Å². The molecule has 1 aliphatic rings. The number of thiocarbonyl (C=S) groups is 1. The average molecular weight is 314 g/mol. The smallest absolute Gasteiger partial charge is 0.243 e. The van der Waals surface area contributed by atoms with Crippen LogP contribution in [0.5, 0.6) is 0 Å². The topological polar surface area (TPSA) is 72.6 Å². The van der Waals surface area contributed by atoms with E-state index >= 15 is 0 Å². The molecule has 0 unspecified atom stereocenters. The summed E-state index contributed by atoms with van der Waals surface area (Å²) in [6.07, 6.45) is 0.702. The maximum Gasteiger partial charge on any atom is 0.243 e. The molecule has 0 radical (unpaired) electrons. The van der Waals surface area contributed by atoms with E-state index in [-0.39, 0.29) is 9.88 Å². The first kappa shape index (κ1) is 15.4. The molecule has 1 fully saturated rings. The second-order valence-electron chi connectivity index (χ2n) is 4.71. The Hall–Kier alpha value is -1.02. The fourth-order valence-electron chi connectivity index (χ4n) is 2.13. The molecule has 0 atom stereocenters. The van der Waals surface area contributed by atoms with Crippen LogP contribution in [0.1, 0.15) is 17.5 Å². The predicted molar refractivity (Wildman–Crippen MR) is 81.3 cm³/mol. The van der Waals surface area contributed by atoms with E-state index in [9.17, 15) is 8.42 Å². The van der Waals surface area contributed by atoms with Crippen molar-refractivity contribution in [3.8, 4) is 0 Å². The van der Waals surface area contributed by atoms with E-state index in [1.807, 2.05) is 0 Å². The molecule has 0 amide bonds. The summed E-state index contributed by atoms with van der Waals surface area (Å²) in [7, 11) is -3.53. The predicted octanol–water partition coefficient (Wildman–Crippen LogP) is 1.04. The van der Waals surface area contributed by atoms with Gasteiger partial charge in [0.2, 0.25) is 10.0 Å². The van der Waals surface area contributed by atoms with Crippen LogP contribution in [0.4, 0.5) is 0 Å². The second-order valence-corrected chi connectivity index (χ2v) is 7.06. The zero-order valence-electron chi connectivity index (χ0n) is 11.3. The maximum atomic E-state index is 12.7. The van der Waals surface area contributed by atoms with Gasteiger partial charge in [-0.1, -0.05) is 24.4 Å². The van der Waals surface area contributed by atoms with Crippen molar-refractivity contribution in [1.29, 1.82) is 0 Å². The monoisotopic (exact) mass is 314 g/mol. The van der Waals surface area contributed by atoms with Gasteiger partial charge < -0.3 is 10.5 Å². The number of sulfonamides is 1. The van der Waals surface area contributed by atoms with Crippen LogP contribution >= 0.6 is 12.2 Å². The van der Waals surface area contributed by atoms with Crippen LogP contribution < -0.4 is 5.73 Å². The highest BCUT2D eigenvalue weighted by Gasteiger charge is 2.27. The molecule has 20 heavy (non-hydrogen) atoms. The minimum Gasteiger partial charge on any atom is -0.389 e. The molecule has 0 aromatic heterocycles. The Morgan fingerprint density at radius 3 is 2.80 bits per heavy atom. The summed E-state index contributed by atoms with van der Waals surface area (Å²) >= 11 is 4.92. The summed E-state index contributed by atoms with van der Waals surface area (Å²) in [6.45, 7) is 3.63. The van der Waals surface area contributed by atoms with Crippen molar-refractivity contribution in [2.75, 3.05) is 26.3 Å². The Balaban J connectivity index is 2.42. The number of aryl methyl sites for hydroxylation is 1. The number of nitrogens with zero attached hydrogens (tertiary/aromatic N) is 1. The lowest BCUT2D eigenvalue weighted by Gasteiger charge is -2.21. The Kier molecular flexibility index (Phi) is 4.74. The quantitative estimate of drug-likeness (QED) is 0.844. The van der Waals surface area contributed by atoms with Crippen LogP contribution in [0.2, 0.25) is 0 Å². The summed E-state index contributed by atoms with van der Waals surface area (Å²) in [5, 5.41) is 0. The fourth-order valence-corrected chi connectivity index (χ4v) is 3.97. The Labute approximate surface area is 124 Å². The first-order valence-electron chi connectivity index (χ1n) is 6.41. The van der Waals surface area contributed by atoms with Crippen molar-refractivity contribution >= 4 is 27.2 Å². The number of rotatable bonds is 3. The van der Waals surface area contributed by atoms with E-state index in [0.29, 0.717) is 43.9 Å². The zero-order valence-corrected chi connectivity index (χ0v) is 13.0. The van der Waals surface area contributed by atoms with Crippen molar-refractivity contribution in [3.05, 3.63) is 29.3 Å². The summed E-state index contributed by atoms with van der Waals surface area (Å²) in [5.74, 6) is 0. The molecule has 0 aliphatic carbocycles. The minimum absolute atomic E-state index is 0.195. The van der Waals surface area contributed by atoms with Crippen LogP contribution in [0.3, 0.4) is 0 Å². The molecule has 0 saturated carbocycles. The lowest BCUT2D eigenvalue weighted by atomic mass is 10.1. The molecule has 1 aromatic rings. The van der Waals surface area contributed by atoms with E-state index in [1.165, 1.54) is 4.31 Å². The molecule has 110 valence electrons. The van der Waals surface area contributed by atoms with Crippen LogP contribution in [0, 0.1) is 6.92 Å². The van der Waals surface area contributed by atoms with Gasteiger partial charge in [-0.2, -0.15) is 4.31 Å². The number of nitrogens with two attached hydrogens (primary N) is 1. The van der Waals surface area contributed by atoms with E-state index in [4.69, 9.17) is 22.7 Å². The Morgan fingerprint density at radius 1 is 1.35 bits per heavy atom. The lowest BCUT2D eigenvalue weighted by Crippen LogP contribution is -2.33. The van der Waals surface area contributed by atoms with Gasteiger partial charge in [0, 0.05) is 25.3 Å². The molecule has 2 rings (SSSR count). The molecule has 1 aromatic carbocycles. The van der Waals surface area contributed by atoms with E-state index in [1.54, 1.807) is 25.1 Å². The second kappa shape index (κ2) is 6.17. The highest BCUT2D eigenvalue weighted by molar-refractivity contribution is 7.89. The summed E-state index contributed by atoms with van der Waals surface area (Å²) in [5.41, 5.74) is 6.84. The van der Waals surface area contributed by atoms with Gasteiger partial charge in [-0.3, -0.25) is 0 Å². The van der Waals surface area contributed by atoms with Gasteiger partial charge in [0.15, 0.2) is 0 Å². The molecule has 2 N–H and O–H groups in total. The van der Waals surface area contributed by atoms with Gasteiger partial charge in [0.05, 0.1) is 11.5 Å². The number of benzene rings is 1. The van der Waals surface area contributed by atoms with Gasteiger partial charge in [-0.15, -0.1) is 0 Å². The highest BCUT2D eigenvalue weighted by Crippen LogP contribution is 2.22. The number of ether oxygens (including phenoxy) is 1. The standard InChI is InChI=1S/C13H18N2O3S2/c1-10-3-4-11(13(14)19)9-12(10)20(16,17)15-5-2-7-18-8-6-15/h3-4,9H,2,5-8H2,1H3,(H2,14,19). The number of hydrogen-bond acceptors (Lipinski definition) is 4. The maximum absolute atomic E-state index is 12.7. The van der Waals surface area contributed by atoms with Crippen molar-refractivity contribution in [2.24, 2.45) is 5.73 Å². The lowest BCUT2D eigenvalue weighted by molar-refractivity contribution is 0.148. The van der Waals surface area contributed by atoms with E-state index in [0.717, 1.165) is 0 Å². The van der Waals surface area contributed by atoms with Gasteiger partial charge in [0.25, 0.3) is 0 Å². The molecule has 0 spiro atoms. The summed E-state index contributed by atoms with van der Waals surface area (Å²) < 4.78 is 32.2. The van der Waals surface area contributed by atoms with Crippen LogP contribution in [0.25, 0.3) is 0 Å². The molecule has 1 heterocycles. The molecule has 0 bridgehead atoms. The van der Waals surface area contributed by atoms with Crippen molar-refractivity contribution < 1.29 is 13.2 Å². The molecule has 1 saturated heterocycles. The molecule has 1 aliphatic heterocycles. The van der Waals surface area contributed by atoms with Gasteiger partial charge >= 0.3 is 0 Å². The normalized spacial score (nSPS) is 17.6. The SMILES string of the molecule is Cc1ccc(C(N)=S)cc1S(=O)(=O)N1CCCOCC1. The third kappa shape index (κ3) is 3.17. The molecule has 5 nitrogen and oxygen atoms in total. The molecule has 7 heteroatoms. The average Bonchev–Trinajstić information content (AvgIpc) is 2.68. The molecular weight excluding hydrogens is 296 g/mol. The zero-order chi connectivity index (χ0) is 14.8. The first-order valence-corrected chi connectivity index (χ1v) is 8.26. The van der Waals surface area contributed by atoms with Crippen LogP contribution in [-0.2, 0) is 14.8 Å². The highest BCUT2D eigenvalue weighted by atomic mass is 32.2. The third-order valence-corrected chi connectivity index (χ3v) is 5.55. The Morgan fingerprint density at radius 2 is 2.10 bits per heavy atom. The van der Waals surface area contributed by atoms with Crippen molar-refractivity contribution in [2.45, 2.75) is 18.2 Å². The Bertz CT molecular complexity index is 606. The van der Waals surface area contributed by atoms with E-state index < -0.39 is 10.0 Å². The van der Waals surface area contributed by atoms with Gasteiger partial charge in [-0.05, 0) is 25.0 Å². The fraction of sp³-hybridized carbons (Fsp3) is 0.462. The van der Waals surface area contributed by atoms with Gasteiger partial charge in [-0.25, -0.2) is 8.42 Å². The summed E-state index contributed by atoms with van der Waals surface area (Å²) in [4.78, 5) is 0.463. The van der Waals surface area contributed by atoms with Crippen molar-refractivity contribution in [1.82, 2.24) is 4.31 Å². The van der Waals surface area contributed by atoms with Crippen LogP contribution in [0.15, 0.2) is 23.1 Å². The van der Waals surface area contributed by atoms with Crippen molar-refractivity contribution in [3.63, 3.8) is 0 Å². The van der Waals surface area contributed by atoms with Gasteiger partial charge in [0.1, 0.15) is 4.99 Å². The largest absolute Gasteiger partial charge is 0.389 e. The summed E-state index contributed by atoms with van der Waals surface area (Å²) in [6, 6.07) is 5.02. The first-order chi connectivity index (χ1) is 9.43. The third-order valence-electron chi connectivity index (χ3n) is 3.27. The molecular formula is C13H18N2O3S2. The number of hydrogen-bond donors (Lipinski definition) is 1.